The van der Waals surface area contributed by atoms with Crippen molar-refractivity contribution in [1.29, 1.82) is 0 Å². The van der Waals surface area contributed by atoms with Crippen molar-refractivity contribution >= 4 is 22.7 Å². The van der Waals surface area contributed by atoms with E-state index in [1.807, 2.05) is 56.3 Å². The molecular formula is C34H31FN2O4. The molecule has 0 saturated heterocycles. The van der Waals surface area contributed by atoms with Crippen molar-refractivity contribution in [3.8, 4) is 39.5 Å². The number of benzene rings is 3. The summed E-state index contributed by atoms with van der Waals surface area (Å²) in [6, 6.07) is 20.9. The van der Waals surface area contributed by atoms with Gasteiger partial charge in [0.15, 0.2) is 5.78 Å². The minimum absolute atomic E-state index is 0.0759. The Labute approximate surface area is 238 Å². The Morgan fingerprint density at radius 1 is 0.951 bits per heavy atom. The number of methoxy groups -OCH3 is 1. The molecule has 1 amide bonds. The van der Waals surface area contributed by atoms with E-state index in [0.29, 0.717) is 57.0 Å². The number of furan rings is 1. The lowest BCUT2D eigenvalue weighted by Gasteiger charge is -2.15. The Bertz CT molecular complexity index is 1740. The van der Waals surface area contributed by atoms with Crippen LogP contribution in [0, 0.1) is 11.7 Å². The van der Waals surface area contributed by atoms with E-state index in [1.54, 1.807) is 38.4 Å². The number of nitrogens with one attached hydrogen (secondary N) is 1. The van der Waals surface area contributed by atoms with Gasteiger partial charge < -0.3 is 14.5 Å². The zero-order valence-electron chi connectivity index (χ0n) is 23.5. The molecule has 6 nitrogen and oxygen atoms in total. The lowest BCUT2D eigenvalue weighted by Crippen LogP contribution is -2.27. The Morgan fingerprint density at radius 3 is 2.37 bits per heavy atom. The van der Waals surface area contributed by atoms with E-state index in [4.69, 9.17) is 9.15 Å². The molecule has 1 N–H and O–H groups in total. The third-order valence-corrected chi connectivity index (χ3v) is 6.92. The third kappa shape index (κ3) is 5.61. The first-order valence-corrected chi connectivity index (χ1v) is 13.6. The summed E-state index contributed by atoms with van der Waals surface area (Å²) >= 11 is 0. The molecular weight excluding hydrogens is 519 g/mol. The highest BCUT2D eigenvalue weighted by Crippen LogP contribution is 2.38. The van der Waals surface area contributed by atoms with Crippen molar-refractivity contribution in [3.05, 3.63) is 95.9 Å². The Hall–Kier alpha value is -4.78. The molecule has 0 aliphatic carbocycles. The molecule has 0 aliphatic heterocycles. The van der Waals surface area contributed by atoms with Crippen molar-refractivity contribution in [2.24, 2.45) is 5.92 Å². The van der Waals surface area contributed by atoms with Gasteiger partial charge in [-0.2, -0.15) is 0 Å². The van der Waals surface area contributed by atoms with E-state index < -0.39 is 0 Å². The monoisotopic (exact) mass is 550 g/mol. The Morgan fingerprint density at radius 2 is 1.66 bits per heavy atom. The third-order valence-electron chi connectivity index (χ3n) is 6.92. The number of hydrogen-bond acceptors (Lipinski definition) is 5. The fraction of sp³-hybridized carbons (Fsp3) is 0.206. The topological polar surface area (TPSA) is 81.4 Å². The van der Waals surface area contributed by atoms with Gasteiger partial charge in [0.05, 0.1) is 12.7 Å². The number of pyridine rings is 1. The van der Waals surface area contributed by atoms with Gasteiger partial charge in [0.1, 0.15) is 17.2 Å². The summed E-state index contributed by atoms with van der Waals surface area (Å²) in [5, 5.41) is 3.69. The maximum Gasteiger partial charge on any atom is 0.251 e. The van der Waals surface area contributed by atoms with Crippen LogP contribution in [-0.2, 0) is 0 Å². The molecule has 41 heavy (non-hydrogen) atoms. The van der Waals surface area contributed by atoms with Crippen LogP contribution in [0.5, 0.6) is 5.88 Å². The van der Waals surface area contributed by atoms with Crippen molar-refractivity contribution < 1.29 is 23.1 Å². The van der Waals surface area contributed by atoms with Gasteiger partial charge >= 0.3 is 0 Å². The van der Waals surface area contributed by atoms with Crippen molar-refractivity contribution in [3.63, 3.8) is 0 Å². The number of amides is 1. The van der Waals surface area contributed by atoms with Gasteiger partial charge in [0.25, 0.3) is 5.91 Å². The minimum Gasteiger partial charge on any atom is -0.481 e. The summed E-state index contributed by atoms with van der Waals surface area (Å²) in [5.41, 5.74) is 5.15. The summed E-state index contributed by atoms with van der Waals surface area (Å²) in [4.78, 5) is 30.9. The molecule has 3 aromatic carbocycles. The number of hydrogen-bond donors (Lipinski definition) is 1. The van der Waals surface area contributed by atoms with Crippen LogP contribution in [0.25, 0.3) is 44.5 Å². The van der Waals surface area contributed by atoms with Crippen LogP contribution in [-0.4, -0.2) is 30.3 Å². The van der Waals surface area contributed by atoms with Crippen LogP contribution in [0.3, 0.4) is 0 Å². The summed E-state index contributed by atoms with van der Waals surface area (Å²) in [6.45, 7) is 6.41. The molecule has 7 heteroatoms. The highest BCUT2D eigenvalue weighted by molar-refractivity contribution is 6.13. The molecule has 0 saturated carbocycles. The molecule has 0 atom stereocenters. The van der Waals surface area contributed by atoms with Crippen LogP contribution >= 0.6 is 0 Å². The second kappa shape index (κ2) is 11.8. The van der Waals surface area contributed by atoms with Gasteiger partial charge in [-0.1, -0.05) is 39.0 Å². The number of Topliss-reactive ketones (excluding diaryl/α,β-unsaturated/α-hetero) is 1. The Kier molecular flexibility index (Phi) is 7.97. The highest BCUT2D eigenvalue weighted by atomic mass is 19.1. The molecule has 0 radical (unpaired) electrons. The van der Waals surface area contributed by atoms with Crippen molar-refractivity contribution in [2.45, 2.75) is 27.2 Å². The zero-order chi connectivity index (χ0) is 29.1. The summed E-state index contributed by atoms with van der Waals surface area (Å²) in [6.07, 6.45) is 1.93. The zero-order valence-corrected chi connectivity index (χ0v) is 23.5. The van der Waals surface area contributed by atoms with Gasteiger partial charge in [-0.3, -0.25) is 9.59 Å². The first-order chi connectivity index (χ1) is 19.8. The first-order valence-electron chi connectivity index (χ1n) is 13.6. The molecule has 208 valence electrons. The van der Waals surface area contributed by atoms with Crippen LogP contribution in [0.15, 0.2) is 83.4 Å². The van der Waals surface area contributed by atoms with Gasteiger partial charge in [-0.05, 0) is 77.2 Å². The van der Waals surface area contributed by atoms with Gasteiger partial charge in [-0.25, -0.2) is 9.37 Å². The summed E-state index contributed by atoms with van der Waals surface area (Å²) in [7, 11) is 1.55. The van der Waals surface area contributed by atoms with Crippen LogP contribution in [0.2, 0.25) is 0 Å². The average Bonchev–Trinajstić information content (AvgIpc) is 3.38. The van der Waals surface area contributed by atoms with E-state index in [9.17, 15) is 14.0 Å². The van der Waals surface area contributed by atoms with E-state index in [1.165, 1.54) is 12.1 Å². The average molecular weight is 551 g/mol. The summed E-state index contributed by atoms with van der Waals surface area (Å²) < 4.78 is 25.2. The number of ketones is 1. The number of fused-ring (bicyclic) bond motifs is 1. The Balaban J connectivity index is 1.66. The lowest BCUT2D eigenvalue weighted by molar-refractivity contribution is 0.0948. The van der Waals surface area contributed by atoms with E-state index >= 15 is 0 Å². The molecule has 0 spiro atoms. The van der Waals surface area contributed by atoms with Gasteiger partial charge in [0, 0.05) is 41.2 Å². The molecule has 0 bridgehead atoms. The van der Waals surface area contributed by atoms with E-state index in [0.717, 1.165) is 11.1 Å². The second-order valence-electron chi connectivity index (χ2n) is 10.2. The fourth-order valence-corrected chi connectivity index (χ4v) is 4.83. The minimum atomic E-state index is -0.365. The first kappa shape index (κ1) is 27.8. The maximum absolute atomic E-state index is 13.6. The van der Waals surface area contributed by atoms with Crippen LogP contribution in [0.1, 0.15) is 47.9 Å². The van der Waals surface area contributed by atoms with Crippen LogP contribution < -0.4 is 10.1 Å². The second-order valence-corrected chi connectivity index (χ2v) is 10.2. The normalized spacial score (nSPS) is 11.2. The molecule has 0 fully saturated rings. The van der Waals surface area contributed by atoms with Crippen molar-refractivity contribution in [2.75, 3.05) is 13.7 Å². The van der Waals surface area contributed by atoms with E-state index in [2.05, 4.69) is 10.3 Å². The molecule has 5 rings (SSSR count). The molecule has 5 aromatic rings. The lowest BCUT2D eigenvalue weighted by atomic mass is 9.93. The molecule has 0 unspecified atom stereocenters. The number of ether oxygens (including phenoxy) is 1. The number of rotatable bonds is 9. The standard InChI is InChI=1S/C34H31FN2O4/c1-5-29(38)31-28-18-23(11-15-30(28)41-32(31)21-8-12-24(35)13-9-21)22-10-14-25(26-7-6-16-36-34(26)40-4)27(17-22)33(39)37-19-20(2)3/h6-18,20H,5,19H2,1-4H3,(H,37,39). The number of aromatic nitrogens is 1. The molecule has 2 heterocycles. The van der Waals surface area contributed by atoms with Crippen molar-refractivity contribution in [1.82, 2.24) is 10.3 Å². The van der Waals surface area contributed by atoms with Gasteiger partial charge in [-0.15, -0.1) is 0 Å². The largest absolute Gasteiger partial charge is 0.481 e. The van der Waals surface area contributed by atoms with E-state index in [-0.39, 0.29) is 29.8 Å². The number of carbonyl (C=O) groups is 2. The van der Waals surface area contributed by atoms with Gasteiger partial charge in [0.2, 0.25) is 5.88 Å². The number of nitrogens with zero attached hydrogens (tertiary/aromatic N) is 1. The number of carbonyl (C=O) groups excluding carboxylic acids is 2. The van der Waals surface area contributed by atoms with Crippen LogP contribution in [0.4, 0.5) is 4.39 Å². The number of halogens is 1. The maximum atomic E-state index is 13.6. The predicted octanol–water partition coefficient (Wildman–Crippen LogP) is 7.96. The SMILES string of the molecule is CCC(=O)c1c(-c2ccc(F)cc2)oc2ccc(-c3ccc(-c4cccnc4OC)c(C(=O)NCC(C)C)c3)cc12. The molecule has 0 aliphatic rings. The molecule has 2 aromatic heterocycles. The summed E-state index contributed by atoms with van der Waals surface area (Å²) in [5.74, 6) is 0.480. The smallest absolute Gasteiger partial charge is 0.251 e. The highest BCUT2D eigenvalue weighted by Gasteiger charge is 2.23. The fourth-order valence-electron chi connectivity index (χ4n) is 4.83. The predicted molar refractivity (Wildman–Crippen MR) is 159 cm³/mol. The quantitative estimate of drug-likeness (QED) is 0.188.